The van der Waals surface area contributed by atoms with Crippen LogP contribution in [-0.4, -0.2) is 34.8 Å². The number of aliphatic hydroxyl groups is 2. The Bertz CT molecular complexity index is 1310. The Hall–Kier alpha value is -2.88. The molecule has 1 aliphatic heterocycles. The topological polar surface area (TPSA) is 86.8 Å². The number of nitrogens with two attached hydrogens (primary N) is 1. The van der Waals surface area contributed by atoms with E-state index in [0.29, 0.717) is 41.6 Å². The first kappa shape index (κ1) is 24.3. The molecule has 0 saturated heterocycles. The van der Waals surface area contributed by atoms with E-state index >= 15 is 0 Å². The van der Waals surface area contributed by atoms with E-state index in [4.69, 9.17) is 22.4 Å². The van der Waals surface area contributed by atoms with Crippen LogP contribution in [0.4, 0.5) is 5.69 Å². The highest BCUT2D eigenvalue weighted by molar-refractivity contribution is 6.33. The average molecular weight is 477 g/mol. The third kappa shape index (κ3) is 4.08. The molecule has 0 spiro atoms. The van der Waals surface area contributed by atoms with Crippen molar-refractivity contribution in [3.05, 3.63) is 76.3 Å². The zero-order chi connectivity index (χ0) is 24.5. The fourth-order valence-corrected chi connectivity index (χ4v) is 4.85. The molecule has 1 unspecified atom stereocenters. The molecule has 1 heterocycles. The fourth-order valence-electron chi connectivity index (χ4n) is 4.50. The van der Waals surface area contributed by atoms with Gasteiger partial charge >= 0.3 is 0 Å². The summed E-state index contributed by atoms with van der Waals surface area (Å²) in [4.78, 5) is 15.5. The third-order valence-electron chi connectivity index (χ3n) is 6.79. The molecule has 176 valence electrons. The number of anilines is 1. The SMILES string of the molecule is CCC(N)(CC)CN1C(=O)C(O)(c2ccc3ccccc3c2)c2c(Cl)cc(C#CCCO)cc21. The standard InChI is InChI=1S/C28H29ClN2O3/c1-3-27(30,4-2)18-31-24-16-19(9-7-8-14-32)15-23(29)25(24)28(34,26(31)33)22-13-12-20-10-5-6-11-21(20)17-22/h5-6,10-13,15-17,32,34H,3-4,8,14,18,30H2,1-2H3. The van der Waals surface area contributed by atoms with E-state index in [2.05, 4.69) is 11.8 Å². The van der Waals surface area contributed by atoms with Gasteiger partial charge in [-0.3, -0.25) is 4.79 Å². The third-order valence-corrected chi connectivity index (χ3v) is 7.09. The van der Waals surface area contributed by atoms with Crippen LogP contribution in [0.2, 0.25) is 5.02 Å². The number of benzene rings is 3. The van der Waals surface area contributed by atoms with E-state index in [1.54, 1.807) is 23.1 Å². The molecule has 5 nitrogen and oxygen atoms in total. The molecule has 4 rings (SSSR count). The minimum absolute atomic E-state index is 0.0410. The lowest BCUT2D eigenvalue weighted by atomic mass is 9.86. The van der Waals surface area contributed by atoms with Crippen molar-refractivity contribution in [2.45, 2.75) is 44.2 Å². The number of hydrogen-bond acceptors (Lipinski definition) is 4. The van der Waals surface area contributed by atoms with Crippen molar-refractivity contribution in [2.24, 2.45) is 5.73 Å². The Balaban J connectivity index is 1.92. The molecule has 0 fully saturated rings. The van der Waals surface area contributed by atoms with Crippen LogP contribution in [0.5, 0.6) is 0 Å². The van der Waals surface area contributed by atoms with E-state index in [1.165, 1.54) is 0 Å². The number of amides is 1. The van der Waals surface area contributed by atoms with Crippen LogP contribution in [-0.2, 0) is 10.4 Å². The first-order chi connectivity index (χ1) is 16.3. The predicted octanol–water partition coefficient (Wildman–Crippen LogP) is 4.33. The maximum atomic E-state index is 13.9. The number of halogens is 1. The van der Waals surface area contributed by atoms with Crippen molar-refractivity contribution in [1.82, 2.24) is 0 Å². The van der Waals surface area contributed by atoms with Crippen molar-refractivity contribution >= 4 is 34.0 Å². The Morgan fingerprint density at radius 1 is 1.09 bits per heavy atom. The molecule has 0 aromatic heterocycles. The maximum absolute atomic E-state index is 13.9. The van der Waals surface area contributed by atoms with Gasteiger partial charge in [0.1, 0.15) is 0 Å². The van der Waals surface area contributed by atoms with Crippen molar-refractivity contribution in [3.8, 4) is 11.8 Å². The second-order valence-corrected chi connectivity index (χ2v) is 9.27. The van der Waals surface area contributed by atoms with Gasteiger partial charge < -0.3 is 20.8 Å². The van der Waals surface area contributed by atoms with Gasteiger partial charge in [-0.1, -0.05) is 73.7 Å². The quantitative estimate of drug-likeness (QED) is 0.462. The van der Waals surface area contributed by atoms with E-state index < -0.39 is 17.0 Å². The zero-order valence-electron chi connectivity index (χ0n) is 19.4. The summed E-state index contributed by atoms with van der Waals surface area (Å²) in [5.41, 5.74) is 5.96. The summed E-state index contributed by atoms with van der Waals surface area (Å²) in [5, 5.41) is 23.3. The van der Waals surface area contributed by atoms with Gasteiger partial charge in [0.05, 0.1) is 17.3 Å². The lowest BCUT2D eigenvalue weighted by molar-refractivity contribution is -0.132. The summed E-state index contributed by atoms with van der Waals surface area (Å²) in [5.74, 6) is 5.40. The number of hydrogen-bond donors (Lipinski definition) is 3. The number of carbonyl (C=O) groups excluding carboxylic acids is 1. The number of aliphatic hydroxyl groups excluding tert-OH is 1. The first-order valence-electron chi connectivity index (χ1n) is 11.5. The Morgan fingerprint density at radius 3 is 2.47 bits per heavy atom. The molecular weight excluding hydrogens is 448 g/mol. The highest BCUT2D eigenvalue weighted by atomic mass is 35.5. The van der Waals surface area contributed by atoms with Crippen molar-refractivity contribution in [1.29, 1.82) is 0 Å². The molecule has 4 N–H and O–H groups in total. The van der Waals surface area contributed by atoms with Crippen LogP contribution in [0.3, 0.4) is 0 Å². The van der Waals surface area contributed by atoms with Crippen molar-refractivity contribution < 1.29 is 15.0 Å². The number of carbonyl (C=O) groups is 1. The number of fused-ring (bicyclic) bond motifs is 2. The maximum Gasteiger partial charge on any atom is 0.268 e. The Morgan fingerprint density at radius 2 is 1.79 bits per heavy atom. The van der Waals surface area contributed by atoms with Crippen LogP contribution in [0.25, 0.3) is 10.8 Å². The minimum atomic E-state index is -1.95. The molecule has 3 aromatic carbocycles. The van der Waals surface area contributed by atoms with Gasteiger partial charge in [-0.15, -0.1) is 0 Å². The Kier molecular flexibility index (Phi) is 6.71. The summed E-state index contributed by atoms with van der Waals surface area (Å²) in [7, 11) is 0. The largest absolute Gasteiger partial charge is 0.395 e. The highest BCUT2D eigenvalue weighted by Crippen LogP contribution is 2.49. The molecule has 0 bridgehead atoms. The van der Waals surface area contributed by atoms with Crippen LogP contribution in [0.1, 0.15) is 49.8 Å². The monoisotopic (exact) mass is 476 g/mol. The molecule has 3 aromatic rings. The van der Waals surface area contributed by atoms with Gasteiger partial charge in [-0.05, 0) is 47.4 Å². The molecule has 6 heteroatoms. The molecule has 1 atom stereocenters. The second kappa shape index (κ2) is 9.40. The van der Waals surface area contributed by atoms with Crippen LogP contribution >= 0.6 is 11.6 Å². The lowest BCUT2D eigenvalue weighted by Gasteiger charge is -2.33. The molecule has 1 aliphatic rings. The summed E-state index contributed by atoms with van der Waals surface area (Å²) in [6.45, 7) is 4.18. The summed E-state index contributed by atoms with van der Waals surface area (Å²) in [6, 6.07) is 16.7. The van der Waals surface area contributed by atoms with Crippen LogP contribution in [0.15, 0.2) is 54.6 Å². The first-order valence-corrected chi connectivity index (χ1v) is 11.9. The van der Waals surface area contributed by atoms with Gasteiger partial charge in [0, 0.05) is 29.6 Å². The minimum Gasteiger partial charge on any atom is -0.395 e. The molecule has 0 aliphatic carbocycles. The summed E-state index contributed by atoms with van der Waals surface area (Å²) < 4.78 is 0. The molecule has 1 amide bonds. The normalized spacial score (nSPS) is 17.6. The van der Waals surface area contributed by atoms with E-state index in [0.717, 1.165) is 10.8 Å². The van der Waals surface area contributed by atoms with Gasteiger partial charge in [0.2, 0.25) is 0 Å². The summed E-state index contributed by atoms with van der Waals surface area (Å²) >= 11 is 6.72. The van der Waals surface area contributed by atoms with Crippen LogP contribution in [0, 0.1) is 11.8 Å². The second-order valence-electron chi connectivity index (χ2n) is 8.86. The molecule has 34 heavy (non-hydrogen) atoms. The van der Waals surface area contributed by atoms with Gasteiger partial charge in [-0.25, -0.2) is 0 Å². The predicted molar refractivity (Wildman–Crippen MR) is 137 cm³/mol. The van der Waals surface area contributed by atoms with Gasteiger partial charge in [0.15, 0.2) is 5.60 Å². The fraction of sp³-hybridized carbons (Fsp3) is 0.321. The van der Waals surface area contributed by atoms with Gasteiger partial charge in [-0.2, -0.15) is 0 Å². The van der Waals surface area contributed by atoms with E-state index in [1.807, 2.05) is 50.2 Å². The van der Waals surface area contributed by atoms with E-state index in [9.17, 15) is 9.90 Å². The number of rotatable bonds is 6. The smallest absolute Gasteiger partial charge is 0.268 e. The zero-order valence-corrected chi connectivity index (χ0v) is 20.2. The molecular formula is C28H29ClN2O3. The molecule has 0 radical (unpaired) electrons. The van der Waals surface area contributed by atoms with E-state index in [-0.39, 0.29) is 18.2 Å². The summed E-state index contributed by atoms with van der Waals surface area (Å²) in [6.07, 6.45) is 1.66. The Labute approximate surface area is 205 Å². The number of nitrogens with zero attached hydrogens (tertiary/aromatic N) is 1. The highest BCUT2D eigenvalue weighted by Gasteiger charge is 2.53. The van der Waals surface area contributed by atoms with Crippen LogP contribution < -0.4 is 10.6 Å². The van der Waals surface area contributed by atoms with Crippen molar-refractivity contribution in [3.63, 3.8) is 0 Å². The van der Waals surface area contributed by atoms with Gasteiger partial charge in [0.25, 0.3) is 5.91 Å². The van der Waals surface area contributed by atoms with Crippen molar-refractivity contribution in [2.75, 3.05) is 18.1 Å². The lowest BCUT2D eigenvalue weighted by Crippen LogP contribution is -2.52. The molecule has 0 saturated carbocycles. The average Bonchev–Trinajstić information content (AvgIpc) is 3.06.